The lowest BCUT2D eigenvalue weighted by atomic mass is 9.98. The van der Waals surface area contributed by atoms with Crippen molar-refractivity contribution >= 4 is 23.6 Å². The van der Waals surface area contributed by atoms with E-state index >= 15 is 0 Å². The number of carbonyl (C=O) groups excluding carboxylic acids is 1. The molecule has 1 fully saturated rings. The first-order valence-corrected chi connectivity index (χ1v) is 11.0. The zero-order chi connectivity index (χ0) is 21.4. The molecule has 0 radical (unpaired) electrons. The number of hydrogen-bond donors (Lipinski definition) is 0. The number of hydrogen-bond acceptors (Lipinski definition) is 3. The average Bonchev–Trinajstić information content (AvgIpc) is 3.41. The maximum atomic E-state index is 13.3. The van der Waals surface area contributed by atoms with Crippen molar-refractivity contribution in [1.82, 2.24) is 14.5 Å². The number of nitrogens with zero attached hydrogens (tertiary/aromatic N) is 3. The van der Waals surface area contributed by atoms with Crippen LogP contribution in [0.25, 0.3) is 11.8 Å². The number of ether oxygens (including phenoxy) is 1. The predicted molar refractivity (Wildman–Crippen MR) is 122 cm³/mol. The summed E-state index contributed by atoms with van der Waals surface area (Å²) in [5.41, 5.74) is 5.35. The Morgan fingerprint density at radius 2 is 1.94 bits per heavy atom. The molecule has 2 heterocycles. The second-order valence-corrected chi connectivity index (χ2v) is 8.44. The zero-order valence-electron chi connectivity index (χ0n) is 17.4. The number of benzene rings is 2. The van der Waals surface area contributed by atoms with E-state index < -0.39 is 0 Å². The molecule has 6 heteroatoms. The molecule has 5 rings (SSSR count). The Balaban J connectivity index is 1.39. The first kappa shape index (κ1) is 19.9. The van der Waals surface area contributed by atoms with Gasteiger partial charge in [0.05, 0.1) is 12.8 Å². The highest BCUT2D eigenvalue weighted by atomic mass is 35.5. The molecule has 0 atom stereocenters. The fourth-order valence-corrected chi connectivity index (χ4v) is 4.92. The fourth-order valence-electron chi connectivity index (χ4n) is 4.72. The minimum atomic E-state index is 0.157. The molecular weight excluding hydrogens is 410 g/mol. The number of halogens is 1. The first-order valence-electron chi connectivity index (χ1n) is 10.6. The second-order valence-electron chi connectivity index (χ2n) is 8.10. The fraction of sp³-hybridized carbons (Fsp3) is 0.280. The van der Waals surface area contributed by atoms with Gasteiger partial charge in [-0.1, -0.05) is 30.3 Å². The number of carbonyl (C=O) groups is 1. The predicted octanol–water partition coefficient (Wildman–Crippen LogP) is 4.71. The number of piperidine rings is 1. The van der Waals surface area contributed by atoms with Crippen LogP contribution in [0.1, 0.15) is 29.5 Å². The summed E-state index contributed by atoms with van der Waals surface area (Å²) in [6.45, 7) is 0.830. The van der Waals surface area contributed by atoms with Gasteiger partial charge < -0.3 is 9.64 Å². The van der Waals surface area contributed by atoms with Crippen molar-refractivity contribution in [2.45, 2.75) is 31.7 Å². The number of amides is 1. The van der Waals surface area contributed by atoms with Gasteiger partial charge in [-0.05, 0) is 72.2 Å². The number of likely N-dealkylation sites (tertiary alicyclic amines) is 1. The molecule has 0 unspecified atom stereocenters. The molecule has 0 N–H and O–H groups in total. The largest absolute Gasteiger partial charge is 0.495 e. The third-order valence-corrected chi connectivity index (χ3v) is 6.53. The van der Waals surface area contributed by atoms with Crippen molar-refractivity contribution in [3.05, 3.63) is 82.4 Å². The molecule has 0 bridgehead atoms. The van der Waals surface area contributed by atoms with Gasteiger partial charge in [0.1, 0.15) is 5.75 Å². The van der Waals surface area contributed by atoms with Gasteiger partial charge >= 0.3 is 0 Å². The standard InChI is InChI=1S/C25H24ClN3O2/c1-31-23-14-17(8-9-22(23)29-12-10-27-25(29)26)13-20-7-4-11-28(24(20)30)21-15-18-5-2-3-6-19(18)16-21/h2-3,5-6,8-10,12-14,21H,4,7,11,15-16H2,1H3. The van der Waals surface area contributed by atoms with Crippen LogP contribution in [0, 0.1) is 0 Å². The van der Waals surface area contributed by atoms with Crippen LogP contribution in [0.5, 0.6) is 5.75 Å². The average molecular weight is 434 g/mol. The van der Waals surface area contributed by atoms with Gasteiger partial charge in [0.2, 0.25) is 11.2 Å². The highest BCUT2D eigenvalue weighted by Gasteiger charge is 2.33. The summed E-state index contributed by atoms with van der Waals surface area (Å²) >= 11 is 6.16. The summed E-state index contributed by atoms with van der Waals surface area (Å²) in [5, 5.41) is 0.375. The van der Waals surface area contributed by atoms with Crippen LogP contribution in [-0.4, -0.2) is 40.1 Å². The van der Waals surface area contributed by atoms with E-state index in [1.165, 1.54) is 11.1 Å². The number of methoxy groups -OCH3 is 1. The van der Waals surface area contributed by atoms with Crippen LogP contribution in [-0.2, 0) is 17.6 Å². The topological polar surface area (TPSA) is 47.4 Å². The van der Waals surface area contributed by atoms with Crippen LogP contribution >= 0.6 is 11.6 Å². The second kappa shape index (κ2) is 8.23. The molecule has 2 aliphatic rings. The molecule has 1 amide bonds. The zero-order valence-corrected chi connectivity index (χ0v) is 18.2. The molecule has 158 valence electrons. The van der Waals surface area contributed by atoms with E-state index in [9.17, 15) is 4.79 Å². The van der Waals surface area contributed by atoms with Gasteiger partial charge in [-0.25, -0.2) is 4.98 Å². The van der Waals surface area contributed by atoms with Crippen molar-refractivity contribution in [1.29, 1.82) is 0 Å². The van der Waals surface area contributed by atoms with Gasteiger partial charge in [0, 0.05) is 30.6 Å². The van der Waals surface area contributed by atoms with E-state index in [0.717, 1.165) is 49.1 Å². The Morgan fingerprint density at radius 3 is 2.61 bits per heavy atom. The molecule has 1 aliphatic carbocycles. The van der Waals surface area contributed by atoms with Gasteiger partial charge in [-0.2, -0.15) is 0 Å². The molecule has 31 heavy (non-hydrogen) atoms. The molecule has 1 aromatic heterocycles. The van der Waals surface area contributed by atoms with Crippen LogP contribution in [0.15, 0.2) is 60.4 Å². The summed E-state index contributed by atoms with van der Waals surface area (Å²) in [6.07, 6.45) is 9.12. The Bertz CT molecular complexity index is 1140. The van der Waals surface area contributed by atoms with Crippen LogP contribution < -0.4 is 4.74 Å². The van der Waals surface area contributed by atoms with E-state index in [1.54, 1.807) is 24.1 Å². The number of aromatic nitrogens is 2. The van der Waals surface area contributed by atoms with E-state index in [2.05, 4.69) is 34.1 Å². The summed E-state index contributed by atoms with van der Waals surface area (Å²) < 4.78 is 7.35. The molecule has 1 aliphatic heterocycles. The highest BCUT2D eigenvalue weighted by Crippen LogP contribution is 2.31. The Hall–Kier alpha value is -3.05. The molecule has 0 saturated carbocycles. The Labute approximate surface area is 186 Å². The lowest BCUT2D eigenvalue weighted by Gasteiger charge is -2.33. The number of rotatable bonds is 4. The monoisotopic (exact) mass is 433 g/mol. The summed E-state index contributed by atoms with van der Waals surface area (Å²) in [5.74, 6) is 0.838. The molecule has 2 aromatic carbocycles. The van der Waals surface area contributed by atoms with Crippen molar-refractivity contribution < 1.29 is 9.53 Å². The minimum absolute atomic E-state index is 0.157. The summed E-state index contributed by atoms with van der Waals surface area (Å²) in [4.78, 5) is 19.5. The van der Waals surface area contributed by atoms with E-state index in [4.69, 9.17) is 16.3 Å². The highest BCUT2D eigenvalue weighted by molar-refractivity contribution is 6.28. The summed E-state index contributed by atoms with van der Waals surface area (Å²) in [6, 6.07) is 14.7. The third-order valence-electron chi connectivity index (χ3n) is 6.25. The van der Waals surface area contributed by atoms with E-state index in [-0.39, 0.29) is 11.9 Å². The summed E-state index contributed by atoms with van der Waals surface area (Å²) in [7, 11) is 1.63. The van der Waals surface area contributed by atoms with Crippen molar-refractivity contribution in [2.24, 2.45) is 0 Å². The van der Waals surface area contributed by atoms with Crippen LogP contribution in [0.3, 0.4) is 0 Å². The lowest BCUT2D eigenvalue weighted by Crippen LogP contribution is -2.44. The molecular formula is C25H24ClN3O2. The van der Waals surface area contributed by atoms with E-state index in [1.807, 2.05) is 24.3 Å². The van der Waals surface area contributed by atoms with Crippen molar-refractivity contribution in [3.63, 3.8) is 0 Å². The van der Waals surface area contributed by atoms with Gasteiger partial charge in [-0.15, -0.1) is 0 Å². The lowest BCUT2D eigenvalue weighted by molar-refractivity contribution is -0.130. The van der Waals surface area contributed by atoms with Crippen molar-refractivity contribution in [2.75, 3.05) is 13.7 Å². The molecule has 5 nitrogen and oxygen atoms in total. The van der Waals surface area contributed by atoms with E-state index in [0.29, 0.717) is 11.0 Å². The van der Waals surface area contributed by atoms with Gasteiger partial charge in [0.25, 0.3) is 0 Å². The maximum Gasteiger partial charge on any atom is 0.250 e. The van der Waals surface area contributed by atoms with Crippen molar-refractivity contribution in [3.8, 4) is 11.4 Å². The minimum Gasteiger partial charge on any atom is -0.495 e. The van der Waals surface area contributed by atoms with Gasteiger partial charge in [-0.3, -0.25) is 9.36 Å². The number of imidazole rings is 1. The SMILES string of the molecule is COc1cc(C=C2CCCN(C3Cc4ccccc4C3)C2=O)ccc1-n1ccnc1Cl. The number of fused-ring (bicyclic) bond motifs is 1. The normalized spacial score (nSPS) is 17.9. The molecule has 1 saturated heterocycles. The Morgan fingerprint density at radius 1 is 1.16 bits per heavy atom. The smallest absolute Gasteiger partial charge is 0.250 e. The quantitative estimate of drug-likeness (QED) is 0.560. The Kier molecular flexibility index (Phi) is 5.28. The maximum absolute atomic E-state index is 13.3. The van der Waals surface area contributed by atoms with Crippen LogP contribution in [0.2, 0.25) is 5.28 Å². The third kappa shape index (κ3) is 3.74. The first-order chi connectivity index (χ1) is 15.1. The van der Waals surface area contributed by atoms with Crippen LogP contribution in [0.4, 0.5) is 0 Å². The van der Waals surface area contributed by atoms with Gasteiger partial charge in [0.15, 0.2) is 0 Å². The molecule has 3 aromatic rings. The molecule has 0 spiro atoms.